The van der Waals surface area contributed by atoms with E-state index in [1.807, 2.05) is 0 Å². The van der Waals surface area contributed by atoms with E-state index in [1.54, 1.807) is 14.2 Å². The van der Waals surface area contributed by atoms with Crippen molar-refractivity contribution in [1.82, 2.24) is 0 Å². The Labute approximate surface area is 79.2 Å². The Hall–Kier alpha value is -0.200. The van der Waals surface area contributed by atoms with Crippen LogP contribution < -0.4 is 0 Å². The molecular formula is C8H20O5. The highest BCUT2D eigenvalue weighted by molar-refractivity contribution is 4.28. The Morgan fingerprint density at radius 2 is 1.15 bits per heavy atom. The standard InChI is InChI=1S/C6H14O3.C2H6O2/c1-7-3-5-9-6-4-8-2;3-1-2-4/h3-6H2,1-2H3;3-4H,1-2H2. The van der Waals surface area contributed by atoms with Crippen molar-refractivity contribution >= 4 is 0 Å². The monoisotopic (exact) mass is 196 g/mol. The van der Waals surface area contributed by atoms with Crippen molar-refractivity contribution in [3.8, 4) is 0 Å². The molecule has 0 radical (unpaired) electrons. The Morgan fingerprint density at radius 1 is 0.769 bits per heavy atom. The zero-order valence-corrected chi connectivity index (χ0v) is 8.36. The van der Waals surface area contributed by atoms with Gasteiger partial charge >= 0.3 is 0 Å². The molecule has 0 aliphatic carbocycles. The van der Waals surface area contributed by atoms with Gasteiger partial charge in [-0.2, -0.15) is 0 Å². The third-order valence-corrected chi connectivity index (χ3v) is 0.964. The van der Waals surface area contributed by atoms with Gasteiger partial charge in [-0.15, -0.1) is 0 Å². The lowest BCUT2D eigenvalue weighted by Gasteiger charge is -2.00. The van der Waals surface area contributed by atoms with Crippen LogP contribution in [0.2, 0.25) is 0 Å². The van der Waals surface area contributed by atoms with Crippen molar-refractivity contribution in [3.05, 3.63) is 0 Å². The average Bonchev–Trinajstić information content (AvgIpc) is 2.18. The second kappa shape index (κ2) is 17.8. The molecule has 5 heteroatoms. The van der Waals surface area contributed by atoms with E-state index in [1.165, 1.54) is 0 Å². The van der Waals surface area contributed by atoms with Crippen LogP contribution in [0.15, 0.2) is 0 Å². The summed E-state index contributed by atoms with van der Waals surface area (Å²) in [6.07, 6.45) is 0. The number of hydrogen-bond donors (Lipinski definition) is 2. The molecule has 13 heavy (non-hydrogen) atoms. The van der Waals surface area contributed by atoms with Gasteiger partial charge in [0.15, 0.2) is 0 Å². The summed E-state index contributed by atoms with van der Waals surface area (Å²) in [7, 11) is 3.30. The predicted molar refractivity (Wildman–Crippen MR) is 48.7 cm³/mol. The third kappa shape index (κ3) is 24.5. The van der Waals surface area contributed by atoms with Crippen LogP contribution in [-0.4, -0.2) is 64.1 Å². The van der Waals surface area contributed by atoms with Crippen molar-refractivity contribution in [1.29, 1.82) is 0 Å². The number of methoxy groups -OCH3 is 2. The highest BCUT2D eigenvalue weighted by Gasteiger charge is 1.84. The fourth-order valence-electron chi connectivity index (χ4n) is 0.387. The Balaban J connectivity index is 0. The highest BCUT2D eigenvalue weighted by atomic mass is 16.5. The molecule has 0 unspecified atom stereocenters. The number of aliphatic hydroxyl groups excluding tert-OH is 2. The Bertz CT molecular complexity index is 61.6. The van der Waals surface area contributed by atoms with E-state index < -0.39 is 0 Å². The molecule has 0 saturated heterocycles. The first kappa shape index (κ1) is 15.3. The van der Waals surface area contributed by atoms with Crippen LogP contribution in [0, 0.1) is 0 Å². The maximum Gasteiger partial charge on any atom is 0.0701 e. The molecule has 5 nitrogen and oxygen atoms in total. The molecule has 0 amide bonds. The second-order valence-corrected chi connectivity index (χ2v) is 2.05. The first-order chi connectivity index (χ1) is 6.33. The topological polar surface area (TPSA) is 68.2 Å². The van der Waals surface area contributed by atoms with Crippen molar-refractivity contribution in [3.63, 3.8) is 0 Å². The largest absolute Gasteiger partial charge is 0.394 e. The van der Waals surface area contributed by atoms with Crippen LogP contribution in [-0.2, 0) is 14.2 Å². The molecule has 0 fully saturated rings. The van der Waals surface area contributed by atoms with Crippen LogP contribution in [0.4, 0.5) is 0 Å². The van der Waals surface area contributed by atoms with Gasteiger partial charge in [-0.1, -0.05) is 0 Å². The van der Waals surface area contributed by atoms with Gasteiger partial charge in [-0.25, -0.2) is 0 Å². The van der Waals surface area contributed by atoms with Gasteiger partial charge in [0.05, 0.1) is 39.6 Å². The summed E-state index contributed by atoms with van der Waals surface area (Å²) in [4.78, 5) is 0. The molecule has 0 bridgehead atoms. The molecule has 0 saturated carbocycles. The molecule has 0 spiro atoms. The molecule has 2 N–H and O–H groups in total. The summed E-state index contributed by atoms with van der Waals surface area (Å²) in [5.74, 6) is 0. The van der Waals surface area contributed by atoms with Gasteiger partial charge < -0.3 is 24.4 Å². The summed E-state index contributed by atoms with van der Waals surface area (Å²) in [5.41, 5.74) is 0. The molecule has 82 valence electrons. The smallest absolute Gasteiger partial charge is 0.0701 e. The van der Waals surface area contributed by atoms with Gasteiger partial charge in [0.1, 0.15) is 0 Å². The summed E-state index contributed by atoms with van der Waals surface area (Å²) < 4.78 is 14.6. The number of aliphatic hydroxyl groups is 2. The van der Waals surface area contributed by atoms with Gasteiger partial charge in [0.2, 0.25) is 0 Å². The zero-order chi connectivity index (χ0) is 10.4. The molecule has 0 aromatic rings. The van der Waals surface area contributed by atoms with E-state index in [9.17, 15) is 0 Å². The lowest BCUT2D eigenvalue weighted by Crippen LogP contribution is -2.06. The quantitative estimate of drug-likeness (QED) is 0.525. The fourth-order valence-corrected chi connectivity index (χ4v) is 0.387. The van der Waals surface area contributed by atoms with E-state index in [4.69, 9.17) is 24.4 Å². The molecule has 0 heterocycles. The maximum absolute atomic E-state index is 7.62. The minimum absolute atomic E-state index is 0.125. The van der Waals surface area contributed by atoms with Crippen LogP contribution in [0.5, 0.6) is 0 Å². The summed E-state index contributed by atoms with van der Waals surface area (Å²) in [6.45, 7) is 2.37. The Kier molecular flexibility index (Phi) is 20.9. The minimum Gasteiger partial charge on any atom is -0.394 e. The fraction of sp³-hybridized carbons (Fsp3) is 1.00. The summed E-state index contributed by atoms with van der Waals surface area (Å²) in [6, 6.07) is 0. The maximum atomic E-state index is 7.62. The molecule has 0 aliphatic rings. The van der Waals surface area contributed by atoms with E-state index in [0.29, 0.717) is 26.4 Å². The zero-order valence-electron chi connectivity index (χ0n) is 8.36. The normalized spacial score (nSPS) is 9.23. The van der Waals surface area contributed by atoms with Gasteiger partial charge in [-0.05, 0) is 0 Å². The first-order valence-electron chi connectivity index (χ1n) is 4.10. The molecule has 0 aromatic heterocycles. The lowest BCUT2D eigenvalue weighted by molar-refractivity contribution is 0.0385. The minimum atomic E-state index is -0.125. The van der Waals surface area contributed by atoms with E-state index in [-0.39, 0.29) is 13.2 Å². The lowest BCUT2D eigenvalue weighted by atomic mass is 10.7. The molecule has 0 aromatic carbocycles. The average molecular weight is 196 g/mol. The van der Waals surface area contributed by atoms with Crippen LogP contribution in [0.1, 0.15) is 0 Å². The first-order valence-corrected chi connectivity index (χ1v) is 4.10. The number of hydrogen-bond acceptors (Lipinski definition) is 5. The summed E-state index contributed by atoms with van der Waals surface area (Å²) in [5, 5.41) is 15.2. The summed E-state index contributed by atoms with van der Waals surface area (Å²) >= 11 is 0. The van der Waals surface area contributed by atoms with Crippen LogP contribution in [0.25, 0.3) is 0 Å². The van der Waals surface area contributed by atoms with Crippen molar-refractivity contribution < 1.29 is 24.4 Å². The molecule has 0 rings (SSSR count). The Morgan fingerprint density at radius 3 is 1.38 bits per heavy atom. The van der Waals surface area contributed by atoms with Crippen LogP contribution in [0.3, 0.4) is 0 Å². The third-order valence-electron chi connectivity index (χ3n) is 0.964. The number of ether oxygens (including phenoxy) is 3. The predicted octanol–water partition coefficient (Wildman–Crippen LogP) is -0.733. The second-order valence-electron chi connectivity index (χ2n) is 2.05. The van der Waals surface area contributed by atoms with Crippen molar-refractivity contribution in [2.24, 2.45) is 0 Å². The molecule has 0 aliphatic heterocycles. The molecule has 0 atom stereocenters. The number of rotatable bonds is 7. The van der Waals surface area contributed by atoms with E-state index >= 15 is 0 Å². The highest BCUT2D eigenvalue weighted by Crippen LogP contribution is 1.75. The van der Waals surface area contributed by atoms with Gasteiger partial charge in [-0.3, -0.25) is 0 Å². The van der Waals surface area contributed by atoms with Gasteiger partial charge in [0, 0.05) is 14.2 Å². The van der Waals surface area contributed by atoms with Crippen molar-refractivity contribution in [2.45, 2.75) is 0 Å². The van der Waals surface area contributed by atoms with E-state index in [0.717, 1.165) is 0 Å². The SMILES string of the molecule is COCCOCCOC.OCCO. The van der Waals surface area contributed by atoms with Crippen LogP contribution >= 0.6 is 0 Å². The van der Waals surface area contributed by atoms with Crippen molar-refractivity contribution in [2.75, 3.05) is 53.9 Å². The van der Waals surface area contributed by atoms with Gasteiger partial charge in [0.25, 0.3) is 0 Å². The van der Waals surface area contributed by atoms with E-state index in [2.05, 4.69) is 0 Å². The molecular weight excluding hydrogens is 176 g/mol.